The van der Waals surface area contributed by atoms with Crippen molar-refractivity contribution >= 4 is 37.5 Å². The average Bonchev–Trinajstić information content (AvgIpc) is 2.28. The van der Waals surface area contributed by atoms with Crippen LogP contribution in [0.2, 0.25) is 0 Å². The predicted molar refractivity (Wildman–Crippen MR) is 54.4 cm³/mol. The van der Waals surface area contributed by atoms with Gasteiger partial charge in [0.2, 0.25) is 0 Å². The standard InChI is InChI=1S/C8H7BrN2S/c1-11-6-3-2-5(9)4-7(6)12-8(11)10/h2-4,10H,1H3. The van der Waals surface area contributed by atoms with Crippen LogP contribution in [0.1, 0.15) is 0 Å². The Hall–Kier alpha value is -0.610. The summed E-state index contributed by atoms with van der Waals surface area (Å²) in [5.41, 5.74) is 1.12. The number of hydrogen-bond acceptors (Lipinski definition) is 2. The SMILES string of the molecule is Cn1c(=N)sc2cc(Br)ccc21. The lowest BCUT2D eigenvalue weighted by Gasteiger charge is -1.93. The Balaban J connectivity index is 2.96. The number of nitrogens with one attached hydrogen (secondary N) is 1. The molecule has 1 N–H and O–H groups in total. The summed E-state index contributed by atoms with van der Waals surface area (Å²) >= 11 is 4.89. The largest absolute Gasteiger partial charge is 0.320 e. The molecule has 0 spiro atoms. The molecular formula is C8H7BrN2S. The van der Waals surface area contributed by atoms with Crippen LogP contribution in [0, 0.1) is 5.41 Å². The van der Waals surface area contributed by atoms with Gasteiger partial charge in [-0.05, 0) is 18.2 Å². The van der Waals surface area contributed by atoms with Crippen LogP contribution in [0.5, 0.6) is 0 Å². The Morgan fingerprint density at radius 3 is 3.00 bits per heavy atom. The maximum absolute atomic E-state index is 7.58. The number of thiazole rings is 1. The third kappa shape index (κ3) is 1.11. The summed E-state index contributed by atoms with van der Waals surface area (Å²) in [6.07, 6.45) is 0. The van der Waals surface area contributed by atoms with Gasteiger partial charge < -0.3 is 4.57 Å². The van der Waals surface area contributed by atoms with Gasteiger partial charge >= 0.3 is 0 Å². The summed E-state index contributed by atoms with van der Waals surface area (Å²) in [7, 11) is 1.91. The van der Waals surface area contributed by atoms with E-state index in [1.165, 1.54) is 11.3 Å². The van der Waals surface area contributed by atoms with E-state index in [0.29, 0.717) is 4.80 Å². The highest BCUT2D eigenvalue weighted by Gasteiger charge is 2.00. The molecule has 0 saturated heterocycles. The van der Waals surface area contributed by atoms with Crippen molar-refractivity contribution < 1.29 is 0 Å². The summed E-state index contributed by atoms with van der Waals surface area (Å²) in [5, 5.41) is 7.58. The smallest absolute Gasteiger partial charge is 0.182 e. The van der Waals surface area contributed by atoms with Crippen LogP contribution in [-0.2, 0) is 7.05 Å². The lowest BCUT2D eigenvalue weighted by molar-refractivity contribution is 0.893. The average molecular weight is 243 g/mol. The van der Waals surface area contributed by atoms with E-state index in [2.05, 4.69) is 15.9 Å². The summed E-state index contributed by atoms with van der Waals surface area (Å²) in [6, 6.07) is 6.06. The van der Waals surface area contributed by atoms with E-state index in [1.807, 2.05) is 29.8 Å². The maximum atomic E-state index is 7.58. The lowest BCUT2D eigenvalue weighted by Crippen LogP contribution is -2.06. The van der Waals surface area contributed by atoms with Crippen LogP contribution in [0.3, 0.4) is 0 Å². The number of aromatic nitrogens is 1. The van der Waals surface area contributed by atoms with Crippen LogP contribution < -0.4 is 4.80 Å². The van der Waals surface area contributed by atoms with Crippen LogP contribution in [-0.4, -0.2) is 4.57 Å². The molecule has 0 unspecified atom stereocenters. The van der Waals surface area contributed by atoms with Gasteiger partial charge in [-0.25, -0.2) is 0 Å². The summed E-state index contributed by atoms with van der Waals surface area (Å²) in [4.78, 5) is 0.586. The van der Waals surface area contributed by atoms with Gasteiger partial charge in [0.25, 0.3) is 0 Å². The fraction of sp³-hybridized carbons (Fsp3) is 0.125. The van der Waals surface area contributed by atoms with E-state index >= 15 is 0 Å². The minimum atomic E-state index is 0.586. The van der Waals surface area contributed by atoms with E-state index in [0.717, 1.165) is 14.7 Å². The number of fused-ring (bicyclic) bond motifs is 1. The van der Waals surface area contributed by atoms with Crippen molar-refractivity contribution in [1.82, 2.24) is 4.57 Å². The number of aryl methyl sites for hydroxylation is 1. The first kappa shape index (κ1) is 8.01. The Labute approximate surface area is 82.1 Å². The molecule has 0 fully saturated rings. The summed E-state index contributed by atoms with van der Waals surface area (Å²) < 4.78 is 4.10. The minimum absolute atomic E-state index is 0.586. The third-order valence-corrected chi connectivity index (χ3v) is 3.30. The maximum Gasteiger partial charge on any atom is 0.182 e. The van der Waals surface area contributed by atoms with Gasteiger partial charge in [-0.2, -0.15) is 0 Å². The third-order valence-electron chi connectivity index (χ3n) is 1.79. The van der Waals surface area contributed by atoms with Crippen molar-refractivity contribution in [3.63, 3.8) is 0 Å². The zero-order valence-electron chi connectivity index (χ0n) is 6.47. The molecule has 62 valence electrons. The molecule has 12 heavy (non-hydrogen) atoms. The highest BCUT2D eigenvalue weighted by molar-refractivity contribution is 9.10. The molecule has 0 aliphatic carbocycles. The molecule has 2 rings (SSSR count). The van der Waals surface area contributed by atoms with Crippen molar-refractivity contribution in [3.8, 4) is 0 Å². The Morgan fingerprint density at radius 1 is 1.50 bits per heavy atom. The molecule has 4 heteroatoms. The van der Waals surface area contributed by atoms with Crippen molar-refractivity contribution in [2.45, 2.75) is 0 Å². The fourth-order valence-corrected chi connectivity index (χ4v) is 2.58. The van der Waals surface area contributed by atoms with Gasteiger partial charge in [0.05, 0.1) is 10.2 Å². The van der Waals surface area contributed by atoms with Gasteiger partial charge in [0.1, 0.15) is 0 Å². The molecule has 0 saturated carbocycles. The van der Waals surface area contributed by atoms with Gasteiger partial charge in [-0.15, -0.1) is 0 Å². The van der Waals surface area contributed by atoms with Crippen LogP contribution in [0.25, 0.3) is 10.2 Å². The second-order valence-corrected chi connectivity index (χ2v) is 4.52. The van der Waals surface area contributed by atoms with E-state index in [9.17, 15) is 0 Å². The van der Waals surface area contributed by atoms with Crippen LogP contribution >= 0.6 is 27.3 Å². The number of nitrogens with zero attached hydrogens (tertiary/aromatic N) is 1. The zero-order chi connectivity index (χ0) is 8.72. The molecule has 0 amide bonds. The molecule has 0 aliphatic heterocycles. The summed E-state index contributed by atoms with van der Waals surface area (Å²) in [6.45, 7) is 0. The Kier molecular flexibility index (Phi) is 1.81. The predicted octanol–water partition coefficient (Wildman–Crippen LogP) is 2.48. The lowest BCUT2D eigenvalue weighted by atomic mass is 10.3. The molecule has 0 bridgehead atoms. The van der Waals surface area contributed by atoms with Crippen molar-refractivity contribution in [3.05, 3.63) is 27.5 Å². The topological polar surface area (TPSA) is 28.8 Å². The first-order valence-electron chi connectivity index (χ1n) is 3.48. The van der Waals surface area contributed by atoms with Crippen LogP contribution in [0.4, 0.5) is 0 Å². The second-order valence-electron chi connectivity index (χ2n) is 2.58. The molecule has 1 aromatic carbocycles. The quantitative estimate of drug-likeness (QED) is 0.736. The minimum Gasteiger partial charge on any atom is -0.320 e. The molecule has 0 aliphatic rings. The van der Waals surface area contributed by atoms with E-state index < -0.39 is 0 Å². The van der Waals surface area contributed by atoms with Gasteiger partial charge in [0.15, 0.2) is 4.80 Å². The number of halogens is 1. The van der Waals surface area contributed by atoms with E-state index in [-0.39, 0.29) is 0 Å². The van der Waals surface area contributed by atoms with Gasteiger partial charge in [0, 0.05) is 11.5 Å². The van der Waals surface area contributed by atoms with E-state index in [4.69, 9.17) is 5.41 Å². The molecule has 0 radical (unpaired) electrons. The zero-order valence-corrected chi connectivity index (χ0v) is 8.87. The number of rotatable bonds is 0. The molecule has 1 heterocycles. The van der Waals surface area contributed by atoms with Crippen molar-refractivity contribution in [2.75, 3.05) is 0 Å². The first-order valence-corrected chi connectivity index (χ1v) is 5.09. The van der Waals surface area contributed by atoms with Crippen molar-refractivity contribution in [1.29, 1.82) is 5.41 Å². The highest BCUT2D eigenvalue weighted by Crippen LogP contribution is 2.20. The fourth-order valence-electron chi connectivity index (χ4n) is 1.13. The first-order chi connectivity index (χ1) is 5.68. The van der Waals surface area contributed by atoms with Gasteiger partial charge in [-0.1, -0.05) is 27.3 Å². The molecule has 2 nitrogen and oxygen atoms in total. The second kappa shape index (κ2) is 2.71. The molecule has 0 atom stereocenters. The number of benzene rings is 1. The monoisotopic (exact) mass is 242 g/mol. The van der Waals surface area contributed by atoms with Crippen LogP contribution in [0.15, 0.2) is 22.7 Å². The molecule has 2 aromatic rings. The number of hydrogen-bond donors (Lipinski definition) is 1. The highest BCUT2D eigenvalue weighted by atomic mass is 79.9. The summed E-state index contributed by atoms with van der Waals surface area (Å²) in [5.74, 6) is 0. The Morgan fingerprint density at radius 2 is 2.25 bits per heavy atom. The molecule has 1 aromatic heterocycles. The normalized spacial score (nSPS) is 10.8. The Bertz CT molecular complexity index is 483. The molecular weight excluding hydrogens is 236 g/mol. The van der Waals surface area contributed by atoms with Gasteiger partial charge in [-0.3, -0.25) is 5.41 Å². The van der Waals surface area contributed by atoms with Crippen molar-refractivity contribution in [2.24, 2.45) is 7.05 Å². The van der Waals surface area contributed by atoms with E-state index in [1.54, 1.807) is 0 Å².